The molecule has 0 heterocycles. The van der Waals surface area contributed by atoms with Crippen molar-refractivity contribution in [1.29, 1.82) is 0 Å². The molecule has 1 rings (SSSR count). The van der Waals surface area contributed by atoms with Gasteiger partial charge in [0.1, 0.15) is 0 Å². The zero-order valence-corrected chi connectivity index (χ0v) is 9.21. The van der Waals surface area contributed by atoms with E-state index < -0.39 is 43.0 Å². The normalized spacial score (nSPS) is 23.2. The second-order valence-corrected chi connectivity index (χ2v) is 4.53. The number of hydrogen-bond acceptors (Lipinski definition) is 0. The minimum Gasteiger partial charge on any atom is -0.240 e. The molecule has 1 saturated carbocycles. The first-order valence-corrected chi connectivity index (χ1v) is 5.43. The van der Waals surface area contributed by atoms with Gasteiger partial charge in [-0.05, 0) is 12.8 Å². The van der Waals surface area contributed by atoms with Gasteiger partial charge in [-0.2, -0.15) is 22.0 Å². The van der Waals surface area contributed by atoms with Gasteiger partial charge in [-0.1, -0.05) is 19.3 Å². The van der Waals surface area contributed by atoms with E-state index >= 15 is 0 Å². The molecule has 1 aliphatic rings. The van der Waals surface area contributed by atoms with E-state index in [0.29, 0.717) is 6.42 Å². The van der Waals surface area contributed by atoms with Crippen molar-refractivity contribution < 1.29 is 35.1 Å². The standard InChI is InChI=1S/C10H12F8/c11-6(7(12)13)8(4-2-1-3-5-8)9(14,15)10(16,17)18/h6-7H,1-5H2. The van der Waals surface area contributed by atoms with E-state index in [9.17, 15) is 35.1 Å². The summed E-state index contributed by atoms with van der Waals surface area (Å²) in [5, 5.41) is 0. The molecular formula is C10H12F8. The SMILES string of the molecule is FC(F)C(F)C1(C(F)(F)C(F)(F)F)CCCCC1. The number of halogens is 8. The van der Waals surface area contributed by atoms with Crippen LogP contribution in [0.15, 0.2) is 0 Å². The molecule has 0 amide bonds. The average molecular weight is 284 g/mol. The molecule has 0 spiro atoms. The molecule has 0 aromatic carbocycles. The molecule has 1 unspecified atom stereocenters. The van der Waals surface area contributed by atoms with Crippen LogP contribution in [0.5, 0.6) is 0 Å². The highest BCUT2D eigenvalue weighted by Crippen LogP contribution is 2.58. The largest absolute Gasteiger partial charge is 0.453 e. The molecule has 0 N–H and O–H groups in total. The van der Waals surface area contributed by atoms with Gasteiger partial charge in [0.2, 0.25) is 0 Å². The van der Waals surface area contributed by atoms with Crippen LogP contribution >= 0.6 is 0 Å². The predicted molar refractivity (Wildman–Crippen MR) is 47.4 cm³/mol. The van der Waals surface area contributed by atoms with Gasteiger partial charge < -0.3 is 0 Å². The number of rotatable bonds is 3. The van der Waals surface area contributed by atoms with Crippen molar-refractivity contribution in [2.45, 2.75) is 56.8 Å². The zero-order valence-electron chi connectivity index (χ0n) is 9.21. The highest BCUT2D eigenvalue weighted by atomic mass is 19.4. The molecular weight excluding hydrogens is 272 g/mol. The third kappa shape index (κ3) is 2.30. The van der Waals surface area contributed by atoms with E-state index in [4.69, 9.17) is 0 Å². The Balaban J connectivity index is 3.20. The van der Waals surface area contributed by atoms with E-state index in [0.717, 1.165) is 0 Å². The van der Waals surface area contributed by atoms with Crippen LogP contribution in [0, 0.1) is 5.41 Å². The van der Waals surface area contributed by atoms with Crippen molar-refractivity contribution in [3.8, 4) is 0 Å². The smallest absolute Gasteiger partial charge is 0.240 e. The molecule has 8 heteroatoms. The Labute approximate surface area is 98.3 Å². The molecule has 108 valence electrons. The molecule has 0 aliphatic heterocycles. The van der Waals surface area contributed by atoms with Crippen LogP contribution in [0.1, 0.15) is 32.1 Å². The minimum absolute atomic E-state index is 0.112. The Bertz CT molecular complexity index is 276. The Morgan fingerprint density at radius 3 is 1.56 bits per heavy atom. The van der Waals surface area contributed by atoms with Crippen molar-refractivity contribution in [2.75, 3.05) is 0 Å². The first-order valence-electron chi connectivity index (χ1n) is 5.43. The molecule has 0 aromatic rings. The fourth-order valence-corrected chi connectivity index (χ4v) is 2.47. The molecule has 0 aromatic heterocycles. The highest BCUT2D eigenvalue weighted by Gasteiger charge is 2.73. The van der Waals surface area contributed by atoms with Crippen LogP contribution in [-0.4, -0.2) is 24.7 Å². The zero-order chi connectivity index (χ0) is 14.2. The van der Waals surface area contributed by atoms with Gasteiger partial charge in [0.05, 0.1) is 5.41 Å². The van der Waals surface area contributed by atoms with Crippen LogP contribution in [0.25, 0.3) is 0 Å². The first kappa shape index (κ1) is 15.5. The van der Waals surface area contributed by atoms with Crippen LogP contribution in [0.4, 0.5) is 35.1 Å². The van der Waals surface area contributed by atoms with Crippen molar-refractivity contribution in [3.05, 3.63) is 0 Å². The number of alkyl halides is 8. The summed E-state index contributed by atoms with van der Waals surface area (Å²) in [6, 6.07) is 0. The fraction of sp³-hybridized carbons (Fsp3) is 1.00. The van der Waals surface area contributed by atoms with Gasteiger partial charge in [-0.25, -0.2) is 13.2 Å². The third-order valence-corrected chi connectivity index (χ3v) is 3.48. The second-order valence-electron chi connectivity index (χ2n) is 4.53. The van der Waals surface area contributed by atoms with Crippen molar-refractivity contribution in [2.24, 2.45) is 5.41 Å². The van der Waals surface area contributed by atoms with Gasteiger partial charge in [-0.3, -0.25) is 0 Å². The van der Waals surface area contributed by atoms with E-state index in [1.165, 1.54) is 0 Å². The van der Waals surface area contributed by atoms with Gasteiger partial charge in [0, 0.05) is 0 Å². The lowest BCUT2D eigenvalue weighted by atomic mass is 9.66. The fourth-order valence-electron chi connectivity index (χ4n) is 2.47. The molecule has 1 atom stereocenters. The summed E-state index contributed by atoms with van der Waals surface area (Å²) < 4.78 is 102. The summed E-state index contributed by atoms with van der Waals surface area (Å²) >= 11 is 0. The molecule has 0 nitrogen and oxygen atoms in total. The average Bonchev–Trinajstić information content (AvgIpc) is 2.27. The van der Waals surface area contributed by atoms with Crippen LogP contribution < -0.4 is 0 Å². The minimum atomic E-state index is -6.02. The van der Waals surface area contributed by atoms with Crippen LogP contribution in [0.3, 0.4) is 0 Å². The Kier molecular flexibility index (Phi) is 4.17. The van der Waals surface area contributed by atoms with E-state index in [-0.39, 0.29) is 12.8 Å². The lowest BCUT2D eigenvalue weighted by Gasteiger charge is -2.45. The molecule has 18 heavy (non-hydrogen) atoms. The second kappa shape index (κ2) is 4.85. The summed E-state index contributed by atoms with van der Waals surface area (Å²) in [5.41, 5.74) is -3.34. The maximum atomic E-state index is 13.4. The summed E-state index contributed by atoms with van der Waals surface area (Å²) in [5.74, 6) is -5.45. The van der Waals surface area contributed by atoms with Crippen LogP contribution in [-0.2, 0) is 0 Å². The maximum absolute atomic E-state index is 13.4. The Morgan fingerprint density at radius 2 is 1.22 bits per heavy atom. The highest BCUT2D eigenvalue weighted by molar-refractivity contribution is 5.03. The monoisotopic (exact) mass is 284 g/mol. The molecule has 0 bridgehead atoms. The predicted octanol–water partition coefficient (Wildman–Crippen LogP) is 4.74. The van der Waals surface area contributed by atoms with Gasteiger partial charge >= 0.3 is 12.1 Å². The van der Waals surface area contributed by atoms with Gasteiger partial charge in [0.25, 0.3) is 6.43 Å². The van der Waals surface area contributed by atoms with Crippen molar-refractivity contribution in [3.63, 3.8) is 0 Å². The molecule has 0 saturated heterocycles. The molecule has 1 fully saturated rings. The lowest BCUT2D eigenvalue weighted by molar-refractivity contribution is -0.346. The van der Waals surface area contributed by atoms with E-state index in [2.05, 4.69) is 0 Å². The maximum Gasteiger partial charge on any atom is 0.453 e. The van der Waals surface area contributed by atoms with Crippen molar-refractivity contribution >= 4 is 0 Å². The third-order valence-electron chi connectivity index (χ3n) is 3.48. The van der Waals surface area contributed by atoms with Gasteiger partial charge in [0.15, 0.2) is 6.17 Å². The molecule has 0 radical (unpaired) electrons. The summed E-state index contributed by atoms with van der Waals surface area (Å²) in [6.45, 7) is 0. The lowest BCUT2D eigenvalue weighted by Crippen LogP contribution is -2.58. The van der Waals surface area contributed by atoms with Gasteiger partial charge in [-0.15, -0.1) is 0 Å². The van der Waals surface area contributed by atoms with Crippen molar-refractivity contribution in [1.82, 2.24) is 0 Å². The summed E-state index contributed by atoms with van der Waals surface area (Å²) in [7, 11) is 0. The first-order chi connectivity index (χ1) is 8.06. The number of hydrogen-bond donors (Lipinski definition) is 0. The summed E-state index contributed by atoms with van der Waals surface area (Å²) in [6.07, 6.45) is -15.0. The quantitative estimate of drug-likeness (QED) is 0.657. The van der Waals surface area contributed by atoms with E-state index in [1.54, 1.807) is 0 Å². The Hall–Kier alpha value is -0.560. The van der Waals surface area contributed by atoms with E-state index in [1.807, 2.05) is 0 Å². The topological polar surface area (TPSA) is 0 Å². The molecule has 1 aliphatic carbocycles. The van der Waals surface area contributed by atoms with Crippen LogP contribution in [0.2, 0.25) is 0 Å². The summed E-state index contributed by atoms with van der Waals surface area (Å²) in [4.78, 5) is 0. The Morgan fingerprint density at radius 1 is 0.778 bits per heavy atom.